The van der Waals surface area contributed by atoms with Crippen LogP contribution in [0.4, 0.5) is 0 Å². The molecule has 1 aromatic carbocycles. The van der Waals surface area contributed by atoms with E-state index in [1.807, 2.05) is 25.1 Å². The van der Waals surface area contributed by atoms with Crippen molar-refractivity contribution in [2.45, 2.75) is 52.5 Å². The molecule has 0 amide bonds. The summed E-state index contributed by atoms with van der Waals surface area (Å²) in [5.41, 5.74) is 7.01. The minimum Gasteiger partial charge on any atom is -0.493 e. The van der Waals surface area contributed by atoms with E-state index in [9.17, 15) is 0 Å². The molecular formula is C16H27NO. The van der Waals surface area contributed by atoms with Gasteiger partial charge in [0.25, 0.3) is 0 Å². The molecular weight excluding hydrogens is 222 g/mol. The van der Waals surface area contributed by atoms with Crippen molar-refractivity contribution in [3.8, 4) is 5.75 Å². The summed E-state index contributed by atoms with van der Waals surface area (Å²) < 4.78 is 5.89. The fourth-order valence-corrected chi connectivity index (χ4v) is 2.00. The highest BCUT2D eigenvalue weighted by Gasteiger charge is 2.07. The van der Waals surface area contributed by atoms with E-state index in [4.69, 9.17) is 10.5 Å². The first-order chi connectivity index (χ1) is 8.67. The van der Waals surface area contributed by atoms with Gasteiger partial charge in [-0.25, -0.2) is 0 Å². The van der Waals surface area contributed by atoms with Crippen molar-refractivity contribution in [2.75, 3.05) is 6.61 Å². The monoisotopic (exact) mass is 249 g/mol. The lowest BCUT2D eigenvalue weighted by atomic mass is 10.0. The molecule has 0 aliphatic carbocycles. The van der Waals surface area contributed by atoms with Gasteiger partial charge in [-0.2, -0.15) is 0 Å². The molecule has 0 aromatic heterocycles. The van der Waals surface area contributed by atoms with E-state index in [2.05, 4.69) is 19.9 Å². The Hall–Kier alpha value is -1.02. The number of rotatable bonds is 8. The van der Waals surface area contributed by atoms with E-state index in [0.717, 1.165) is 17.9 Å². The summed E-state index contributed by atoms with van der Waals surface area (Å²) >= 11 is 0. The first-order valence-electron chi connectivity index (χ1n) is 7.15. The Kier molecular flexibility index (Phi) is 6.81. The molecule has 1 aromatic rings. The quantitative estimate of drug-likeness (QED) is 0.745. The zero-order valence-corrected chi connectivity index (χ0v) is 12.0. The lowest BCUT2D eigenvalue weighted by Crippen LogP contribution is -2.12. The maximum Gasteiger partial charge on any atom is 0.119 e. The van der Waals surface area contributed by atoms with Crippen LogP contribution in [0, 0.1) is 5.92 Å². The zero-order valence-electron chi connectivity index (χ0n) is 12.0. The minimum absolute atomic E-state index is 0.0654. The third-order valence-electron chi connectivity index (χ3n) is 3.41. The maximum absolute atomic E-state index is 5.89. The van der Waals surface area contributed by atoms with Gasteiger partial charge in [-0.1, -0.05) is 45.2 Å². The lowest BCUT2D eigenvalue weighted by Gasteiger charge is -2.16. The van der Waals surface area contributed by atoms with Crippen LogP contribution < -0.4 is 10.5 Å². The third-order valence-corrected chi connectivity index (χ3v) is 3.41. The highest BCUT2D eigenvalue weighted by atomic mass is 16.5. The maximum atomic E-state index is 5.89. The van der Waals surface area contributed by atoms with Gasteiger partial charge in [-0.3, -0.25) is 0 Å². The van der Waals surface area contributed by atoms with E-state index in [-0.39, 0.29) is 6.04 Å². The van der Waals surface area contributed by atoms with Gasteiger partial charge in [0.1, 0.15) is 5.75 Å². The van der Waals surface area contributed by atoms with Crippen LogP contribution in [-0.2, 0) is 0 Å². The largest absolute Gasteiger partial charge is 0.493 e. The number of hydrogen-bond acceptors (Lipinski definition) is 2. The Morgan fingerprint density at radius 2 is 2.06 bits per heavy atom. The third kappa shape index (κ3) is 5.09. The summed E-state index contributed by atoms with van der Waals surface area (Å²) in [5.74, 6) is 1.61. The summed E-state index contributed by atoms with van der Waals surface area (Å²) in [6.45, 7) is 7.29. The van der Waals surface area contributed by atoms with Crippen molar-refractivity contribution in [3.05, 3.63) is 29.8 Å². The Morgan fingerprint density at radius 1 is 1.28 bits per heavy atom. The van der Waals surface area contributed by atoms with Gasteiger partial charge in [-0.15, -0.1) is 0 Å². The zero-order chi connectivity index (χ0) is 13.4. The number of hydrogen-bond donors (Lipinski definition) is 1. The van der Waals surface area contributed by atoms with Gasteiger partial charge < -0.3 is 10.5 Å². The van der Waals surface area contributed by atoms with Crippen molar-refractivity contribution in [2.24, 2.45) is 11.7 Å². The molecule has 18 heavy (non-hydrogen) atoms. The van der Waals surface area contributed by atoms with Gasteiger partial charge in [0.2, 0.25) is 0 Å². The van der Waals surface area contributed by atoms with E-state index in [0.29, 0.717) is 5.92 Å². The van der Waals surface area contributed by atoms with Crippen LogP contribution in [0.25, 0.3) is 0 Å². The Bertz CT molecular complexity index is 336. The highest BCUT2D eigenvalue weighted by Crippen LogP contribution is 2.20. The summed E-state index contributed by atoms with van der Waals surface area (Å²) in [6, 6.07) is 8.19. The molecule has 102 valence electrons. The van der Waals surface area contributed by atoms with Crippen LogP contribution in [0.3, 0.4) is 0 Å². The van der Waals surface area contributed by atoms with Crippen molar-refractivity contribution >= 4 is 0 Å². The van der Waals surface area contributed by atoms with Crippen molar-refractivity contribution in [1.29, 1.82) is 0 Å². The minimum atomic E-state index is 0.0654. The topological polar surface area (TPSA) is 35.2 Å². The average molecular weight is 249 g/mol. The Balaban J connectivity index is 2.48. The smallest absolute Gasteiger partial charge is 0.119 e. The molecule has 1 unspecified atom stereocenters. The summed E-state index contributed by atoms with van der Waals surface area (Å²) in [5, 5.41) is 0. The van der Waals surface area contributed by atoms with Gasteiger partial charge in [0.15, 0.2) is 0 Å². The normalized spacial score (nSPS) is 14.2. The number of benzene rings is 1. The fraction of sp³-hybridized carbons (Fsp3) is 0.625. The molecule has 0 heterocycles. The second kappa shape index (κ2) is 8.15. The number of unbranched alkanes of at least 4 members (excludes halogenated alkanes) is 1. The predicted molar refractivity (Wildman–Crippen MR) is 77.8 cm³/mol. The molecule has 0 fully saturated rings. The molecule has 2 heteroatoms. The average Bonchev–Trinajstić information content (AvgIpc) is 2.39. The first-order valence-corrected chi connectivity index (χ1v) is 7.15. The van der Waals surface area contributed by atoms with E-state index in [1.54, 1.807) is 0 Å². The number of ether oxygens (including phenoxy) is 1. The van der Waals surface area contributed by atoms with Gasteiger partial charge in [-0.05, 0) is 37.0 Å². The van der Waals surface area contributed by atoms with Crippen LogP contribution in [0.2, 0.25) is 0 Å². The van der Waals surface area contributed by atoms with Crippen LogP contribution in [0.1, 0.15) is 58.1 Å². The van der Waals surface area contributed by atoms with Crippen LogP contribution >= 0.6 is 0 Å². The second-order valence-electron chi connectivity index (χ2n) is 5.09. The molecule has 0 aliphatic heterocycles. The molecule has 0 saturated carbocycles. The van der Waals surface area contributed by atoms with Crippen LogP contribution in [0.15, 0.2) is 24.3 Å². The van der Waals surface area contributed by atoms with E-state index < -0.39 is 0 Å². The molecule has 0 saturated heterocycles. The standard InChI is InChI=1S/C16H27NO/c1-4-6-8-14(5-2)12-18-16-10-7-9-15(11-16)13(3)17/h7,9-11,13-14H,4-6,8,12,17H2,1-3H3/t13-,14?/m1/s1. The molecule has 0 radical (unpaired) electrons. The Labute approximate surface area is 112 Å². The molecule has 2 atom stereocenters. The molecule has 0 bridgehead atoms. The summed E-state index contributed by atoms with van der Waals surface area (Å²) in [6.07, 6.45) is 5.01. The molecule has 0 spiro atoms. The molecule has 1 rings (SSSR count). The first kappa shape index (κ1) is 15.0. The predicted octanol–water partition coefficient (Wildman–Crippen LogP) is 4.30. The summed E-state index contributed by atoms with van der Waals surface area (Å²) in [4.78, 5) is 0. The highest BCUT2D eigenvalue weighted by molar-refractivity contribution is 5.30. The van der Waals surface area contributed by atoms with Crippen molar-refractivity contribution in [1.82, 2.24) is 0 Å². The van der Waals surface area contributed by atoms with Crippen molar-refractivity contribution < 1.29 is 4.74 Å². The van der Waals surface area contributed by atoms with Crippen LogP contribution in [-0.4, -0.2) is 6.61 Å². The van der Waals surface area contributed by atoms with E-state index >= 15 is 0 Å². The number of nitrogens with two attached hydrogens (primary N) is 1. The van der Waals surface area contributed by atoms with Gasteiger partial charge >= 0.3 is 0 Å². The Morgan fingerprint density at radius 3 is 2.67 bits per heavy atom. The second-order valence-corrected chi connectivity index (χ2v) is 5.09. The van der Waals surface area contributed by atoms with Crippen LogP contribution in [0.5, 0.6) is 5.75 Å². The summed E-state index contributed by atoms with van der Waals surface area (Å²) in [7, 11) is 0. The molecule has 2 N–H and O–H groups in total. The van der Waals surface area contributed by atoms with Gasteiger partial charge in [0.05, 0.1) is 6.61 Å². The molecule has 0 aliphatic rings. The lowest BCUT2D eigenvalue weighted by molar-refractivity contribution is 0.233. The van der Waals surface area contributed by atoms with E-state index in [1.165, 1.54) is 25.7 Å². The fourth-order valence-electron chi connectivity index (χ4n) is 2.00. The molecule has 2 nitrogen and oxygen atoms in total. The van der Waals surface area contributed by atoms with Gasteiger partial charge in [0, 0.05) is 6.04 Å². The van der Waals surface area contributed by atoms with Crippen molar-refractivity contribution in [3.63, 3.8) is 0 Å². The SMILES string of the molecule is CCCCC(CC)COc1cccc([C@@H](C)N)c1.